The number of halogens is 1. The molecule has 0 saturated carbocycles. The first-order valence-corrected chi connectivity index (χ1v) is 10.8. The molecule has 0 fully saturated rings. The van der Waals surface area contributed by atoms with Crippen LogP contribution in [-0.4, -0.2) is 6.61 Å². The molecule has 3 nitrogen and oxygen atoms in total. The minimum atomic E-state index is 0.260. The lowest BCUT2D eigenvalue weighted by Gasteiger charge is -2.18. The van der Waals surface area contributed by atoms with Gasteiger partial charge in [-0.15, -0.1) is 0 Å². The Morgan fingerprint density at radius 2 is 1.59 bits per heavy atom. The highest BCUT2D eigenvalue weighted by Gasteiger charge is 2.13. The molecule has 0 saturated heterocycles. The Morgan fingerprint density at radius 1 is 0.897 bits per heavy atom. The Hall–Kier alpha value is -2.30. The third-order valence-corrected chi connectivity index (χ3v) is 5.69. The van der Waals surface area contributed by atoms with Crippen LogP contribution in [0.5, 0.6) is 11.5 Å². The molecule has 0 heterocycles. The standard InChI is InChI=1S/C25H28BrNO2/c1-4-28-24-14-22(16-27-19(3)20-11-6-5-7-12-20)23(26)15-25(24)29-17-21-13-9-8-10-18(21)2/h5-15,19,27H,4,16-17H2,1-3H3. The van der Waals surface area contributed by atoms with Crippen molar-refractivity contribution in [2.75, 3.05) is 6.61 Å². The molecule has 3 aromatic rings. The van der Waals surface area contributed by atoms with Crippen molar-refractivity contribution in [3.05, 3.63) is 93.5 Å². The summed E-state index contributed by atoms with van der Waals surface area (Å²) in [5, 5.41) is 3.58. The van der Waals surface area contributed by atoms with E-state index in [4.69, 9.17) is 9.47 Å². The van der Waals surface area contributed by atoms with Gasteiger partial charge in [-0.2, -0.15) is 0 Å². The van der Waals surface area contributed by atoms with Crippen LogP contribution in [0.25, 0.3) is 0 Å². The maximum Gasteiger partial charge on any atom is 0.162 e. The normalized spacial score (nSPS) is 11.9. The van der Waals surface area contributed by atoms with Crippen LogP contribution in [0.3, 0.4) is 0 Å². The molecule has 1 unspecified atom stereocenters. The monoisotopic (exact) mass is 453 g/mol. The summed E-state index contributed by atoms with van der Waals surface area (Å²) in [5.41, 5.74) is 4.81. The molecule has 0 aliphatic heterocycles. The number of hydrogen-bond acceptors (Lipinski definition) is 3. The largest absolute Gasteiger partial charge is 0.490 e. The summed E-state index contributed by atoms with van der Waals surface area (Å²) in [6.45, 7) is 8.10. The zero-order valence-electron chi connectivity index (χ0n) is 17.2. The van der Waals surface area contributed by atoms with Gasteiger partial charge in [0.1, 0.15) is 6.61 Å². The van der Waals surface area contributed by atoms with E-state index in [9.17, 15) is 0 Å². The molecule has 3 rings (SSSR count). The minimum Gasteiger partial charge on any atom is -0.490 e. The number of hydrogen-bond donors (Lipinski definition) is 1. The Bertz CT molecular complexity index is 927. The first-order valence-electron chi connectivity index (χ1n) is 9.99. The summed E-state index contributed by atoms with van der Waals surface area (Å²) in [5.74, 6) is 1.52. The third-order valence-electron chi connectivity index (χ3n) is 4.96. The smallest absolute Gasteiger partial charge is 0.162 e. The van der Waals surface area contributed by atoms with Crippen LogP contribution < -0.4 is 14.8 Å². The van der Waals surface area contributed by atoms with Gasteiger partial charge >= 0.3 is 0 Å². The van der Waals surface area contributed by atoms with Gasteiger partial charge in [-0.3, -0.25) is 0 Å². The molecule has 0 aliphatic carbocycles. The SMILES string of the molecule is CCOc1cc(CNC(C)c2ccccc2)c(Br)cc1OCc1ccccc1C. The molecule has 0 amide bonds. The van der Waals surface area contributed by atoms with Crippen molar-refractivity contribution in [3.63, 3.8) is 0 Å². The fourth-order valence-corrected chi connectivity index (χ4v) is 3.61. The van der Waals surface area contributed by atoms with Gasteiger partial charge < -0.3 is 14.8 Å². The number of benzene rings is 3. The number of rotatable bonds is 9. The molecule has 152 valence electrons. The molecule has 0 aliphatic rings. The van der Waals surface area contributed by atoms with Gasteiger partial charge in [-0.05, 0) is 55.2 Å². The quantitative estimate of drug-likeness (QED) is 0.396. The van der Waals surface area contributed by atoms with Gasteiger partial charge in [0.2, 0.25) is 0 Å². The van der Waals surface area contributed by atoms with Crippen molar-refractivity contribution in [2.24, 2.45) is 0 Å². The van der Waals surface area contributed by atoms with Crippen molar-refractivity contribution in [1.29, 1.82) is 0 Å². The lowest BCUT2D eigenvalue weighted by Crippen LogP contribution is -2.18. The fraction of sp³-hybridized carbons (Fsp3) is 0.280. The molecule has 0 spiro atoms. The third kappa shape index (κ3) is 5.84. The maximum absolute atomic E-state index is 6.11. The molecular weight excluding hydrogens is 426 g/mol. The van der Waals surface area contributed by atoms with Gasteiger partial charge in [0.25, 0.3) is 0 Å². The van der Waals surface area contributed by atoms with E-state index >= 15 is 0 Å². The lowest BCUT2D eigenvalue weighted by atomic mass is 10.1. The van der Waals surface area contributed by atoms with Gasteiger partial charge in [0.05, 0.1) is 6.61 Å². The summed E-state index contributed by atoms with van der Waals surface area (Å²) >= 11 is 3.70. The highest BCUT2D eigenvalue weighted by Crippen LogP contribution is 2.35. The number of ether oxygens (including phenoxy) is 2. The summed E-state index contributed by atoms with van der Waals surface area (Å²) < 4.78 is 13.0. The molecule has 29 heavy (non-hydrogen) atoms. The molecule has 1 N–H and O–H groups in total. The average molecular weight is 454 g/mol. The molecule has 4 heteroatoms. The van der Waals surface area contributed by atoms with Crippen LogP contribution in [0.4, 0.5) is 0 Å². The predicted molar refractivity (Wildman–Crippen MR) is 123 cm³/mol. The number of aryl methyl sites for hydroxylation is 1. The Balaban J connectivity index is 1.72. The van der Waals surface area contributed by atoms with Gasteiger partial charge in [-0.1, -0.05) is 70.5 Å². The summed E-state index contributed by atoms with van der Waals surface area (Å²) in [4.78, 5) is 0. The zero-order chi connectivity index (χ0) is 20.6. The second-order valence-corrected chi connectivity index (χ2v) is 7.91. The molecular formula is C25H28BrNO2. The van der Waals surface area contributed by atoms with Crippen molar-refractivity contribution in [1.82, 2.24) is 5.32 Å². The predicted octanol–water partition coefficient (Wildman–Crippen LogP) is 6.59. The van der Waals surface area contributed by atoms with Crippen LogP contribution in [0.2, 0.25) is 0 Å². The highest BCUT2D eigenvalue weighted by atomic mass is 79.9. The van der Waals surface area contributed by atoms with E-state index in [0.717, 1.165) is 28.1 Å². The van der Waals surface area contributed by atoms with E-state index in [2.05, 4.69) is 77.6 Å². The fourth-order valence-electron chi connectivity index (χ4n) is 3.14. The first kappa shape index (κ1) is 21.4. The Labute approximate surface area is 182 Å². The highest BCUT2D eigenvalue weighted by molar-refractivity contribution is 9.10. The van der Waals surface area contributed by atoms with Crippen LogP contribution in [-0.2, 0) is 13.2 Å². The molecule has 0 radical (unpaired) electrons. The topological polar surface area (TPSA) is 30.5 Å². The summed E-state index contributed by atoms with van der Waals surface area (Å²) in [6.07, 6.45) is 0. The summed E-state index contributed by atoms with van der Waals surface area (Å²) in [6, 6.07) is 23.0. The van der Waals surface area contributed by atoms with E-state index in [0.29, 0.717) is 13.2 Å². The van der Waals surface area contributed by atoms with Crippen LogP contribution in [0.1, 0.15) is 42.1 Å². The average Bonchev–Trinajstić information content (AvgIpc) is 2.74. The van der Waals surface area contributed by atoms with E-state index < -0.39 is 0 Å². The van der Waals surface area contributed by atoms with Gasteiger partial charge in [0.15, 0.2) is 11.5 Å². The van der Waals surface area contributed by atoms with Crippen molar-refractivity contribution in [3.8, 4) is 11.5 Å². The molecule has 1 atom stereocenters. The van der Waals surface area contributed by atoms with Crippen LogP contribution >= 0.6 is 15.9 Å². The first-order chi connectivity index (χ1) is 14.1. The van der Waals surface area contributed by atoms with E-state index in [1.165, 1.54) is 16.7 Å². The van der Waals surface area contributed by atoms with E-state index in [1.54, 1.807) is 0 Å². The van der Waals surface area contributed by atoms with Crippen molar-refractivity contribution < 1.29 is 9.47 Å². The summed E-state index contributed by atoms with van der Waals surface area (Å²) in [7, 11) is 0. The second kappa shape index (κ2) is 10.5. The molecule has 0 bridgehead atoms. The van der Waals surface area contributed by atoms with Crippen molar-refractivity contribution >= 4 is 15.9 Å². The second-order valence-electron chi connectivity index (χ2n) is 7.05. The minimum absolute atomic E-state index is 0.260. The van der Waals surface area contributed by atoms with Crippen LogP contribution in [0.15, 0.2) is 71.2 Å². The van der Waals surface area contributed by atoms with E-state index in [-0.39, 0.29) is 6.04 Å². The van der Waals surface area contributed by atoms with Crippen LogP contribution in [0, 0.1) is 6.92 Å². The number of nitrogens with one attached hydrogen (secondary N) is 1. The van der Waals surface area contributed by atoms with Gasteiger partial charge in [-0.25, -0.2) is 0 Å². The Kier molecular flexibility index (Phi) is 7.73. The van der Waals surface area contributed by atoms with Crippen molar-refractivity contribution in [2.45, 2.75) is 40.0 Å². The zero-order valence-corrected chi connectivity index (χ0v) is 18.8. The van der Waals surface area contributed by atoms with E-state index in [1.807, 2.05) is 31.2 Å². The molecule has 3 aromatic carbocycles. The van der Waals surface area contributed by atoms with Gasteiger partial charge in [0, 0.05) is 17.1 Å². The maximum atomic E-state index is 6.11. The Morgan fingerprint density at radius 3 is 2.31 bits per heavy atom. The lowest BCUT2D eigenvalue weighted by molar-refractivity contribution is 0.268. The molecule has 0 aromatic heterocycles.